The van der Waals surface area contributed by atoms with Gasteiger partial charge in [-0.15, -0.1) is 0 Å². The number of benzene rings is 2. The molecule has 0 spiro atoms. The predicted molar refractivity (Wildman–Crippen MR) is 119 cm³/mol. The van der Waals surface area contributed by atoms with E-state index >= 15 is 0 Å². The summed E-state index contributed by atoms with van der Waals surface area (Å²) in [6, 6.07) is 13.4. The molecular formula is C24H24ClN3O3. The highest BCUT2D eigenvalue weighted by Gasteiger charge is 2.20. The van der Waals surface area contributed by atoms with E-state index in [-0.39, 0.29) is 5.91 Å². The summed E-state index contributed by atoms with van der Waals surface area (Å²) in [5.41, 5.74) is 2.65. The van der Waals surface area contributed by atoms with Gasteiger partial charge >= 0.3 is 0 Å². The van der Waals surface area contributed by atoms with Crippen molar-refractivity contribution in [2.75, 3.05) is 39.4 Å². The van der Waals surface area contributed by atoms with E-state index in [0.717, 1.165) is 31.6 Å². The number of hydrogen-bond acceptors (Lipinski definition) is 5. The zero-order valence-electron chi connectivity index (χ0n) is 17.2. The van der Waals surface area contributed by atoms with Gasteiger partial charge in [0.25, 0.3) is 0 Å². The molecule has 0 N–H and O–H groups in total. The first-order chi connectivity index (χ1) is 15.1. The Labute approximate surface area is 187 Å². The summed E-state index contributed by atoms with van der Waals surface area (Å²) in [7, 11) is 0. The second kappa shape index (κ2) is 9.86. The maximum absolute atomic E-state index is 12.6. The fraction of sp³-hybridized carbons (Fsp3) is 0.333. The molecule has 2 aliphatic rings. The Kier molecular flexibility index (Phi) is 6.76. The van der Waals surface area contributed by atoms with Gasteiger partial charge in [0, 0.05) is 45.2 Å². The summed E-state index contributed by atoms with van der Waals surface area (Å²) in [6.45, 7) is 4.98. The second-order valence-electron chi connectivity index (χ2n) is 7.62. The Morgan fingerprint density at radius 3 is 2.58 bits per heavy atom. The van der Waals surface area contributed by atoms with Gasteiger partial charge in [0.2, 0.25) is 5.91 Å². The lowest BCUT2D eigenvalue weighted by Gasteiger charge is -2.34. The summed E-state index contributed by atoms with van der Waals surface area (Å²) >= 11 is 6.33. The molecule has 0 aliphatic carbocycles. The zero-order chi connectivity index (χ0) is 21.6. The molecule has 0 aromatic heterocycles. The number of carbonyl (C=O) groups excluding carboxylic acids is 1. The SMILES string of the molecule is N#Cc1ccc(CN2CCN(C(=O)/C=C/c3cc(Cl)c4c(c3)OCCCO4)CC2)cc1. The smallest absolute Gasteiger partial charge is 0.246 e. The molecule has 6 nitrogen and oxygen atoms in total. The predicted octanol–water partition coefficient (Wildman–Crippen LogP) is 3.73. The number of nitrogens with zero attached hydrogens (tertiary/aromatic N) is 3. The highest BCUT2D eigenvalue weighted by Crippen LogP contribution is 2.38. The van der Waals surface area contributed by atoms with Crippen LogP contribution in [0.3, 0.4) is 0 Å². The van der Waals surface area contributed by atoms with Gasteiger partial charge in [-0.1, -0.05) is 23.7 Å². The van der Waals surface area contributed by atoms with Crippen molar-refractivity contribution in [2.24, 2.45) is 0 Å². The maximum Gasteiger partial charge on any atom is 0.246 e. The number of rotatable bonds is 4. The highest BCUT2D eigenvalue weighted by molar-refractivity contribution is 6.32. The molecule has 0 atom stereocenters. The van der Waals surface area contributed by atoms with E-state index in [1.807, 2.05) is 35.2 Å². The average molecular weight is 438 g/mol. The Bertz CT molecular complexity index is 1010. The lowest BCUT2D eigenvalue weighted by molar-refractivity contribution is -0.127. The van der Waals surface area contributed by atoms with Gasteiger partial charge in [-0.3, -0.25) is 9.69 Å². The van der Waals surface area contributed by atoms with Crippen LogP contribution in [0.25, 0.3) is 6.08 Å². The van der Waals surface area contributed by atoms with Crippen LogP contribution in [0.2, 0.25) is 5.02 Å². The molecule has 2 aromatic carbocycles. The molecule has 31 heavy (non-hydrogen) atoms. The van der Waals surface area contributed by atoms with Crippen LogP contribution in [0.1, 0.15) is 23.1 Å². The van der Waals surface area contributed by atoms with Gasteiger partial charge in [0.15, 0.2) is 11.5 Å². The van der Waals surface area contributed by atoms with E-state index in [1.54, 1.807) is 18.2 Å². The first-order valence-electron chi connectivity index (χ1n) is 10.4. The van der Waals surface area contributed by atoms with Crippen molar-refractivity contribution in [3.8, 4) is 17.6 Å². The molecule has 0 unspecified atom stereocenters. The lowest BCUT2D eigenvalue weighted by atomic mass is 10.1. The van der Waals surface area contributed by atoms with E-state index < -0.39 is 0 Å². The molecule has 7 heteroatoms. The van der Waals surface area contributed by atoms with Crippen LogP contribution >= 0.6 is 11.6 Å². The summed E-state index contributed by atoms with van der Waals surface area (Å²) in [5.74, 6) is 1.18. The van der Waals surface area contributed by atoms with E-state index in [2.05, 4.69) is 11.0 Å². The number of piperazine rings is 1. The molecule has 160 valence electrons. The van der Waals surface area contributed by atoms with E-state index in [0.29, 0.717) is 48.4 Å². The van der Waals surface area contributed by atoms with Crippen molar-refractivity contribution in [3.05, 3.63) is 64.2 Å². The van der Waals surface area contributed by atoms with Crippen molar-refractivity contribution in [1.82, 2.24) is 9.80 Å². The molecule has 0 saturated carbocycles. The highest BCUT2D eigenvalue weighted by atomic mass is 35.5. The Morgan fingerprint density at radius 1 is 1.10 bits per heavy atom. The number of ether oxygens (including phenoxy) is 2. The number of halogens is 1. The Balaban J connectivity index is 1.31. The minimum Gasteiger partial charge on any atom is -0.489 e. The van der Waals surface area contributed by atoms with Crippen molar-refractivity contribution in [2.45, 2.75) is 13.0 Å². The first-order valence-corrected chi connectivity index (χ1v) is 10.8. The summed E-state index contributed by atoms with van der Waals surface area (Å²) in [6.07, 6.45) is 4.17. The Morgan fingerprint density at radius 2 is 1.84 bits per heavy atom. The number of carbonyl (C=O) groups is 1. The number of fused-ring (bicyclic) bond motifs is 1. The van der Waals surface area contributed by atoms with Crippen molar-refractivity contribution < 1.29 is 14.3 Å². The minimum absolute atomic E-state index is 0.0127. The molecule has 4 rings (SSSR count). The summed E-state index contributed by atoms with van der Waals surface area (Å²) in [4.78, 5) is 16.8. The fourth-order valence-electron chi connectivity index (χ4n) is 3.69. The van der Waals surface area contributed by atoms with Crippen LogP contribution < -0.4 is 9.47 Å². The van der Waals surface area contributed by atoms with Crippen molar-refractivity contribution in [1.29, 1.82) is 5.26 Å². The summed E-state index contributed by atoms with van der Waals surface area (Å²) < 4.78 is 11.4. The molecule has 2 aliphatic heterocycles. The van der Waals surface area contributed by atoms with Crippen LogP contribution in [0.4, 0.5) is 0 Å². The third-order valence-electron chi connectivity index (χ3n) is 5.42. The average Bonchev–Trinajstić information content (AvgIpc) is 3.04. The van der Waals surface area contributed by atoms with E-state index in [4.69, 9.17) is 26.3 Å². The monoisotopic (exact) mass is 437 g/mol. The summed E-state index contributed by atoms with van der Waals surface area (Å²) in [5, 5.41) is 9.39. The molecule has 0 radical (unpaired) electrons. The van der Waals surface area contributed by atoms with Crippen molar-refractivity contribution >= 4 is 23.6 Å². The quantitative estimate of drug-likeness (QED) is 0.682. The van der Waals surface area contributed by atoms with Crippen LogP contribution in [-0.4, -0.2) is 55.1 Å². The largest absolute Gasteiger partial charge is 0.489 e. The zero-order valence-corrected chi connectivity index (χ0v) is 18.0. The van der Waals surface area contributed by atoms with E-state index in [9.17, 15) is 4.79 Å². The van der Waals surface area contributed by atoms with Gasteiger partial charge < -0.3 is 14.4 Å². The van der Waals surface area contributed by atoms with Crippen LogP contribution in [0.5, 0.6) is 11.5 Å². The van der Waals surface area contributed by atoms with Crippen LogP contribution in [-0.2, 0) is 11.3 Å². The topological polar surface area (TPSA) is 65.8 Å². The Hall–Kier alpha value is -3.01. The number of nitriles is 1. The lowest BCUT2D eigenvalue weighted by Crippen LogP contribution is -2.47. The second-order valence-corrected chi connectivity index (χ2v) is 8.03. The van der Waals surface area contributed by atoms with E-state index in [1.165, 1.54) is 5.56 Å². The van der Waals surface area contributed by atoms with Gasteiger partial charge in [-0.05, 0) is 41.5 Å². The molecule has 2 aromatic rings. The van der Waals surface area contributed by atoms with Crippen LogP contribution in [0.15, 0.2) is 42.5 Å². The van der Waals surface area contributed by atoms with Gasteiger partial charge in [-0.2, -0.15) is 5.26 Å². The molecule has 0 bridgehead atoms. The van der Waals surface area contributed by atoms with Gasteiger partial charge in [-0.25, -0.2) is 0 Å². The first kappa shape index (κ1) is 21.2. The normalized spacial score (nSPS) is 16.7. The minimum atomic E-state index is -0.0127. The molecular weight excluding hydrogens is 414 g/mol. The third-order valence-corrected chi connectivity index (χ3v) is 5.70. The molecule has 1 fully saturated rings. The van der Waals surface area contributed by atoms with Gasteiger partial charge in [0.05, 0.1) is 29.9 Å². The maximum atomic E-state index is 12.6. The molecule has 2 heterocycles. The number of hydrogen-bond donors (Lipinski definition) is 0. The van der Waals surface area contributed by atoms with Crippen LogP contribution in [0, 0.1) is 11.3 Å². The standard InChI is InChI=1S/C24H24ClN3O3/c25-21-14-20(15-22-24(21)31-13-1-12-30-22)6-7-23(29)28-10-8-27(9-11-28)17-19-4-2-18(16-26)3-5-19/h2-7,14-15H,1,8-13,17H2/b7-6+. The van der Waals surface area contributed by atoms with Crippen molar-refractivity contribution in [3.63, 3.8) is 0 Å². The molecule has 1 amide bonds. The third kappa shape index (κ3) is 5.38. The number of amides is 1. The molecule has 1 saturated heterocycles. The van der Waals surface area contributed by atoms with Gasteiger partial charge in [0.1, 0.15) is 0 Å². The fourth-order valence-corrected chi connectivity index (χ4v) is 3.96.